The van der Waals surface area contributed by atoms with Crippen molar-refractivity contribution >= 4 is 40.2 Å². The number of ether oxygens (including phenoxy) is 5. The number of methoxy groups -OCH3 is 4. The maximum Gasteiger partial charge on any atom is 0.344 e. The molecular weight excluding hydrogens is 839 g/mol. The van der Waals surface area contributed by atoms with Crippen LogP contribution in [0.5, 0.6) is 5.75 Å². The number of benzene rings is 2. The van der Waals surface area contributed by atoms with Gasteiger partial charge in [0.15, 0.2) is 0 Å². The van der Waals surface area contributed by atoms with Crippen molar-refractivity contribution in [1.29, 1.82) is 0 Å². The Bertz CT molecular complexity index is 2530. The SMILES string of the molecule is CCC1=C[C@H]2CN(C1)Cc1c([nH]c3ccc(Nc4ccc(OC)cc4)cc13)[C@@](C(=O)OC)(C1C=C3C(=CC1OC)N(C)[C@H]1[C@@](O)(C(=O)OC)[C@H](OC(C)=O)C4[C@@H](CC)CCN5CC[C@]31[C@H]45)C2. The first-order valence-corrected chi connectivity index (χ1v) is 23.8. The lowest BCUT2D eigenvalue weighted by Crippen LogP contribution is -2.77. The fraction of sp³-hybridized carbons (Fsp3) is 0.558. The predicted molar refractivity (Wildman–Crippen MR) is 249 cm³/mol. The maximum absolute atomic E-state index is 15.5. The fourth-order valence-corrected chi connectivity index (χ4v) is 14.4. The molecule has 3 saturated heterocycles. The zero-order chi connectivity index (χ0) is 46.4. The molecule has 6 heterocycles. The van der Waals surface area contributed by atoms with Gasteiger partial charge in [0.05, 0.1) is 33.5 Å². The first kappa shape index (κ1) is 44.7. The molecule has 12 atom stereocenters. The van der Waals surface area contributed by atoms with Crippen molar-refractivity contribution in [3.63, 3.8) is 0 Å². The fourth-order valence-electron chi connectivity index (χ4n) is 14.4. The van der Waals surface area contributed by atoms with Crippen LogP contribution in [0.15, 0.2) is 77.5 Å². The number of aromatic amines is 1. The Hall–Kier alpha value is -5.15. The summed E-state index contributed by atoms with van der Waals surface area (Å²) in [6, 6.07) is 13.1. The molecule has 4 fully saturated rings. The lowest BCUT2D eigenvalue weighted by atomic mass is 9.50. The molecule has 14 heteroatoms. The molecule has 3 aromatic rings. The predicted octanol–water partition coefficient (Wildman–Crippen LogP) is 6.23. The lowest BCUT2D eigenvalue weighted by Gasteiger charge is -2.61. The topological polar surface area (TPSA) is 155 Å². The number of rotatable bonds is 10. The van der Waals surface area contributed by atoms with E-state index in [0.717, 1.165) is 96.0 Å². The molecule has 352 valence electrons. The van der Waals surface area contributed by atoms with Gasteiger partial charge in [0.2, 0.25) is 5.60 Å². The highest BCUT2D eigenvalue weighted by Crippen LogP contribution is 2.68. The van der Waals surface area contributed by atoms with Crippen molar-refractivity contribution < 1.29 is 43.2 Å². The van der Waals surface area contributed by atoms with Crippen molar-refractivity contribution in [1.82, 2.24) is 19.7 Å². The van der Waals surface area contributed by atoms with E-state index >= 15 is 4.79 Å². The minimum atomic E-state index is -2.22. The van der Waals surface area contributed by atoms with Gasteiger partial charge in [0, 0.05) is 97.7 Å². The van der Waals surface area contributed by atoms with E-state index in [1.54, 1.807) is 14.2 Å². The van der Waals surface area contributed by atoms with Crippen LogP contribution in [0, 0.1) is 29.1 Å². The van der Waals surface area contributed by atoms with Crippen LogP contribution in [-0.2, 0) is 45.3 Å². The van der Waals surface area contributed by atoms with E-state index in [9.17, 15) is 14.7 Å². The molecule has 3 N–H and O–H groups in total. The highest BCUT2D eigenvalue weighted by atomic mass is 16.6. The average Bonchev–Trinajstić information content (AvgIpc) is 3.97. The summed E-state index contributed by atoms with van der Waals surface area (Å²) in [6.45, 7) is 9.50. The Kier molecular flexibility index (Phi) is 11.2. The molecule has 14 nitrogen and oxygen atoms in total. The summed E-state index contributed by atoms with van der Waals surface area (Å²) < 4.78 is 29.7. The van der Waals surface area contributed by atoms with E-state index in [1.807, 2.05) is 36.2 Å². The number of aliphatic hydroxyl groups is 1. The highest BCUT2D eigenvalue weighted by Gasteiger charge is 2.79. The molecule has 1 saturated carbocycles. The molecule has 2 bridgehead atoms. The van der Waals surface area contributed by atoms with Gasteiger partial charge >= 0.3 is 17.9 Å². The number of H-pyrrole nitrogens is 1. The van der Waals surface area contributed by atoms with Crippen LogP contribution in [0.25, 0.3) is 10.9 Å². The molecule has 1 aromatic heterocycles. The van der Waals surface area contributed by atoms with Gasteiger partial charge in [-0.05, 0) is 110 Å². The molecule has 0 amide bonds. The Morgan fingerprint density at radius 2 is 1.70 bits per heavy atom. The molecule has 10 rings (SSSR count). The van der Waals surface area contributed by atoms with E-state index in [4.69, 9.17) is 23.7 Å². The second kappa shape index (κ2) is 16.6. The number of nitrogens with one attached hydrogen (secondary N) is 2. The summed E-state index contributed by atoms with van der Waals surface area (Å²) in [5, 5.41) is 18.0. The number of piperidine rings is 1. The summed E-state index contributed by atoms with van der Waals surface area (Å²) in [7, 11) is 8.03. The third-order valence-electron chi connectivity index (χ3n) is 16.9. The van der Waals surface area contributed by atoms with E-state index in [1.165, 1.54) is 26.7 Å². The van der Waals surface area contributed by atoms with Gasteiger partial charge < -0.3 is 44.0 Å². The Morgan fingerprint density at radius 3 is 2.38 bits per heavy atom. The van der Waals surface area contributed by atoms with Crippen molar-refractivity contribution in [3.8, 4) is 5.75 Å². The molecule has 0 radical (unpaired) electrons. The van der Waals surface area contributed by atoms with Crippen LogP contribution in [-0.4, -0.2) is 134 Å². The number of likely N-dealkylation sites (N-methyl/N-ethyl adjacent to an activating group) is 1. The zero-order valence-corrected chi connectivity index (χ0v) is 39.5. The smallest absolute Gasteiger partial charge is 0.344 e. The summed E-state index contributed by atoms with van der Waals surface area (Å²) in [5.41, 5.74) is 3.46. The summed E-state index contributed by atoms with van der Waals surface area (Å²) in [6.07, 6.45) is 8.63. The van der Waals surface area contributed by atoms with Gasteiger partial charge in [-0.1, -0.05) is 38.0 Å². The number of aromatic nitrogens is 1. The van der Waals surface area contributed by atoms with Crippen molar-refractivity contribution in [2.75, 3.05) is 67.0 Å². The number of anilines is 2. The Morgan fingerprint density at radius 1 is 0.939 bits per heavy atom. The van der Waals surface area contributed by atoms with Gasteiger partial charge in [-0.2, -0.15) is 0 Å². The van der Waals surface area contributed by atoms with Crippen molar-refractivity contribution in [2.24, 2.45) is 29.1 Å². The van der Waals surface area contributed by atoms with Crippen LogP contribution >= 0.6 is 0 Å². The molecule has 66 heavy (non-hydrogen) atoms. The second-order valence-electron chi connectivity index (χ2n) is 19.9. The van der Waals surface area contributed by atoms with Gasteiger partial charge in [-0.3, -0.25) is 19.4 Å². The minimum Gasteiger partial charge on any atom is -0.497 e. The number of fused-ring (bicyclic) bond motifs is 6. The standard InChI is InChI=1S/C52H65N5O9/c1-9-30-21-31-25-51(48(59)64-7,44-37(28-56(26-30)27-31)36-22-34(13-16-40(36)54-44)53-33-11-14-35(62-5)15-12-33)39-23-38-41(24-42(39)63-6)55(4)47-50(38)18-20-57-19-17-32(10-2)43(45(50)57)46(66-29(3)58)52(47,61)49(60)65-8/h11-16,21-24,31-32,39,42-43,45-47,53-54,61H,9-10,17-20,25-28H2,1-8H3/t31-,32+,39?,42?,43?,45+,46-,47-,50-,51+,52-/m1/s1. The second-order valence-corrected chi connectivity index (χ2v) is 19.9. The molecular formula is C52H65N5O9. The van der Waals surface area contributed by atoms with Crippen LogP contribution in [0.1, 0.15) is 64.1 Å². The summed E-state index contributed by atoms with van der Waals surface area (Å²) in [4.78, 5) is 53.9. The van der Waals surface area contributed by atoms with Gasteiger partial charge in [0.25, 0.3) is 0 Å². The molecule has 1 spiro atoms. The van der Waals surface area contributed by atoms with Gasteiger partial charge in [-0.15, -0.1) is 0 Å². The highest BCUT2D eigenvalue weighted by molar-refractivity contribution is 5.93. The van der Waals surface area contributed by atoms with Crippen molar-refractivity contribution in [2.45, 2.75) is 94.7 Å². The normalized spacial score (nSPS) is 35.4. The maximum atomic E-state index is 15.5. The average molecular weight is 904 g/mol. The van der Waals surface area contributed by atoms with E-state index in [0.29, 0.717) is 19.4 Å². The summed E-state index contributed by atoms with van der Waals surface area (Å²) in [5.74, 6) is -1.82. The van der Waals surface area contributed by atoms with Gasteiger partial charge in [0.1, 0.15) is 17.3 Å². The molecule has 7 aliphatic rings. The molecule has 2 aromatic carbocycles. The summed E-state index contributed by atoms with van der Waals surface area (Å²) >= 11 is 0. The quantitative estimate of drug-likeness (QED) is 0.120. The Labute approximate surface area is 387 Å². The number of hydrogen-bond acceptors (Lipinski definition) is 13. The first-order chi connectivity index (χ1) is 31.8. The Balaban J connectivity index is 1.20. The van der Waals surface area contributed by atoms with Gasteiger partial charge in [-0.25, -0.2) is 4.79 Å². The molecule has 2 aliphatic carbocycles. The van der Waals surface area contributed by atoms with E-state index in [-0.39, 0.29) is 29.8 Å². The van der Waals surface area contributed by atoms with Crippen LogP contribution in [0.4, 0.5) is 11.4 Å². The number of allylic oxidation sites excluding steroid dienone is 1. The number of likely N-dealkylation sites (tertiary alicyclic amines) is 1. The van der Waals surface area contributed by atoms with Crippen molar-refractivity contribution in [3.05, 3.63) is 88.8 Å². The number of nitrogens with zero attached hydrogens (tertiary/aromatic N) is 3. The van der Waals surface area contributed by atoms with E-state index < -0.39 is 52.5 Å². The van der Waals surface area contributed by atoms with Crippen LogP contribution in [0.3, 0.4) is 0 Å². The largest absolute Gasteiger partial charge is 0.497 e. The minimum absolute atomic E-state index is 0.0247. The number of esters is 3. The molecule has 5 aliphatic heterocycles. The van der Waals surface area contributed by atoms with Crippen LogP contribution < -0.4 is 10.1 Å². The number of hydrogen-bond donors (Lipinski definition) is 3. The van der Waals surface area contributed by atoms with E-state index in [2.05, 4.69) is 70.4 Å². The molecule has 4 unspecified atom stereocenters. The zero-order valence-electron chi connectivity index (χ0n) is 39.5. The monoisotopic (exact) mass is 903 g/mol. The van der Waals surface area contributed by atoms with Crippen LogP contribution in [0.2, 0.25) is 0 Å². The number of carbonyl (C=O) groups is 3. The lowest BCUT2D eigenvalue weighted by molar-refractivity contribution is -0.238. The number of carbonyl (C=O) groups excluding carboxylic acids is 3. The third kappa shape index (κ3) is 6.37. The third-order valence-corrected chi connectivity index (χ3v) is 16.9. The first-order valence-electron chi connectivity index (χ1n) is 23.8.